The van der Waals surface area contributed by atoms with Crippen molar-refractivity contribution in [2.75, 3.05) is 36.5 Å². The second kappa shape index (κ2) is 11.2. The number of hydrogen-bond acceptors (Lipinski definition) is 8. The van der Waals surface area contributed by atoms with E-state index in [4.69, 9.17) is 24.4 Å². The number of ether oxygens (including phenoxy) is 2. The van der Waals surface area contributed by atoms with Gasteiger partial charge in [0.15, 0.2) is 0 Å². The van der Waals surface area contributed by atoms with Crippen LogP contribution in [0.2, 0.25) is 0 Å². The van der Waals surface area contributed by atoms with Crippen molar-refractivity contribution in [1.82, 2.24) is 15.0 Å². The molecule has 1 aromatic heterocycles. The Bertz CT molecular complexity index is 1310. The lowest BCUT2D eigenvalue weighted by molar-refractivity contribution is 0.203. The number of aliphatic imine (C=N–C) groups is 1. The molecule has 4 heterocycles. The molecule has 0 saturated carbocycles. The van der Waals surface area contributed by atoms with Crippen LogP contribution in [0.5, 0.6) is 5.75 Å². The third kappa shape index (κ3) is 5.49. The average Bonchev–Trinajstić information content (AvgIpc) is 3.11. The molecule has 1 saturated heterocycles. The second-order valence-electron chi connectivity index (χ2n) is 10.2. The fourth-order valence-electron chi connectivity index (χ4n) is 5.33. The molecule has 8 nitrogen and oxygen atoms in total. The molecule has 1 aromatic carbocycles. The predicted molar refractivity (Wildman–Crippen MR) is 152 cm³/mol. The Morgan fingerprint density at radius 3 is 2.89 bits per heavy atom. The first kappa shape index (κ1) is 24.4. The van der Waals surface area contributed by atoms with E-state index in [0.29, 0.717) is 25.6 Å². The van der Waals surface area contributed by atoms with E-state index in [0.717, 1.165) is 74.2 Å². The zero-order valence-electron chi connectivity index (χ0n) is 21.7. The first-order valence-corrected chi connectivity index (χ1v) is 13.7. The Balaban J connectivity index is 0.00000308. The summed E-state index contributed by atoms with van der Waals surface area (Å²) in [5.41, 5.74) is 2.09. The van der Waals surface area contributed by atoms with Crippen LogP contribution < -0.4 is 15.0 Å². The lowest BCUT2D eigenvalue weighted by atomic mass is 9.77. The summed E-state index contributed by atoms with van der Waals surface area (Å²) in [5, 5.41) is 3.43. The maximum Gasteiger partial charge on any atom is 0.232 e. The summed E-state index contributed by atoms with van der Waals surface area (Å²) in [5.74, 6) is 3.89. The number of aromatic nitrogens is 3. The van der Waals surface area contributed by atoms with Gasteiger partial charge in [-0.3, -0.25) is 4.99 Å². The lowest BCUT2D eigenvalue weighted by Gasteiger charge is -2.27. The van der Waals surface area contributed by atoms with E-state index < -0.39 is 0 Å². The summed E-state index contributed by atoms with van der Waals surface area (Å²) in [6.07, 6.45) is 23.0. The van der Waals surface area contributed by atoms with Crippen LogP contribution in [0, 0.1) is 0 Å². The van der Waals surface area contributed by atoms with Crippen LogP contribution >= 0.6 is 0 Å². The number of anilines is 3. The van der Waals surface area contributed by atoms with E-state index in [1.165, 1.54) is 12.0 Å². The van der Waals surface area contributed by atoms with Gasteiger partial charge in [-0.1, -0.05) is 36.4 Å². The molecule has 4 aliphatic rings. The number of fused-ring (bicyclic) bond motifs is 2. The Hall–Kier alpha value is -3.94. The zero-order valence-corrected chi connectivity index (χ0v) is 21.7. The maximum atomic E-state index is 6.12. The smallest absolute Gasteiger partial charge is 0.232 e. The van der Waals surface area contributed by atoms with Crippen LogP contribution in [0.15, 0.2) is 71.6 Å². The highest BCUT2D eigenvalue weighted by molar-refractivity contribution is 5.72. The third-order valence-electron chi connectivity index (χ3n) is 7.39. The minimum atomic E-state index is -0.0537. The van der Waals surface area contributed by atoms with Crippen LogP contribution in [-0.4, -0.2) is 47.5 Å². The van der Waals surface area contributed by atoms with E-state index in [1.54, 1.807) is 12.4 Å². The number of rotatable bonds is 8. The van der Waals surface area contributed by atoms with Gasteiger partial charge >= 0.3 is 0 Å². The van der Waals surface area contributed by atoms with Gasteiger partial charge in [-0.15, -0.1) is 0 Å². The molecule has 1 N–H and O–H groups in total. The quantitative estimate of drug-likeness (QED) is 0.446. The first-order chi connectivity index (χ1) is 18.8. The highest BCUT2D eigenvalue weighted by atomic mass is 16.5. The standard InChI is InChI=1S/C30H34N6O2.H2/c1-4-14-30(15-5-1)22-38-26-20-23(12-13-25(26)30)32-28-33-27(34-29(35-28)36-17-7-2-8-18-36)11-9-19-37-24-10-3-6-16-31-21-24;/h1,3-6,12-14,16,20-21H,2,7-11,15,17-19,22H2,(H,32,33,34,35);1H. The maximum absolute atomic E-state index is 6.12. The minimum absolute atomic E-state index is 0. The molecule has 1 spiro atoms. The van der Waals surface area contributed by atoms with Gasteiger partial charge in [-0.25, -0.2) is 0 Å². The van der Waals surface area contributed by atoms with Crippen LogP contribution in [0.25, 0.3) is 0 Å². The number of hydrogen-bond donors (Lipinski definition) is 1. The Labute approximate surface area is 225 Å². The fraction of sp³-hybridized carbons (Fsp3) is 0.400. The Morgan fingerprint density at radius 1 is 1.05 bits per heavy atom. The molecule has 6 rings (SSSR count). The SMILES string of the molecule is C1=CCC(OCCCc2nc(Nc3ccc4c(c3)OCC43C=CC=CC3)nc(N3CCCCC3)n2)=CN=C1.[HH]. The largest absolute Gasteiger partial charge is 0.496 e. The van der Waals surface area contributed by atoms with Gasteiger partial charge in [-0.05, 0) is 44.2 Å². The van der Waals surface area contributed by atoms with E-state index in [-0.39, 0.29) is 6.84 Å². The van der Waals surface area contributed by atoms with Crippen LogP contribution in [0.4, 0.5) is 17.6 Å². The van der Waals surface area contributed by atoms with Crippen molar-refractivity contribution in [2.45, 2.75) is 50.4 Å². The lowest BCUT2D eigenvalue weighted by Crippen LogP contribution is -2.31. The highest BCUT2D eigenvalue weighted by Gasteiger charge is 2.38. The number of aryl methyl sites for hydroxylation is 1. The summed E-state index contributed by atoms with van der Waals surface area (Å²) in [6.45, 7) is 3.22. The highest BCUT2D eigenvalue weighted by Crippen LogP contribution is 2.45. The number of piperidine rings is 1. The van der Waals surface area contributed by atoms with Crippen LogP contribution in [0.3, 0.4) is 0 Å². The van der Waals surface area contributed by atoms with E-state index >= 15 is 0 Å². The van der Waals surface area contributed by atoms with Crippen molar-refractivity contribution < 1.29 is 10.9 Å². The molecule has 8 heteroatoms. The molecular formula is C30H36N6O2. The number of nitrogens with zero attached hydrogens (tertiary/aromatic N) is 5. The Morgan fingerprint density at radius 2 is 2.00 bits per heavy atom. The average molecular weight is 513 g/mol. The van der Waals surface area contributed by atoms with Crippen molar-refractivity contribution in [3.63, 3.8) is 0 Å². The second-order valence-corrected chi connectivity index (χ2v) is 10.2. The molecule has 0 bridgehead atoms. The molecular weight excluding hydrogens is 476 g/mol. The normalized spacial score (nSPS) is 21.7. The summed E-state index contributed by atoms with van der Waals surface area (Å²) in [7, 11) is 0. The van der Waals surface area contributed by atoms with Crippen molar-refractivity contribution in [2.24, 2.45) is 4.99 Å². The van der Waals surface area contributed by atoms with Gasteiger partial charge in [0, 0.05) is 50.9 Å². The number of nitrogens with one attached hydrogen (secondary N) is 1. The molecule has 1 unspecified atom stereocenters. The molecule has 0 radical (unpaired) electrons. The van der Waals surface area contributed by atoms with E-state index in [1.807, 2.05) is 12.2 Å². The molecule has 1 fully saturated rings. The Kier molecular flexibility index (Phi) is 7.20. The molecule has 38 heavy (non-hydrogen) atoms. The summed E-state index contributed by atoms with van der Waals surface area (Å²) < 4.78 is 12.0. The fourth-order valence-corrected chi connectivity index (χ4v) is 5.33. The van der Waals surface area contributed by atoms with Crippen LogP contribution in [-0.2, 0) is 16.6 Å². The predicted octanol–water partition coefficient (Wildman–Crippen LogP) is 5.82. The summed E-state index contributed by atoms with van der Waals surface area (Å²) in [6, 6.07) is 6.32. The van der Waals surface area contributed by atoms with Crippen molar-refractivity contribution in [3.05, 3.63) is 78.0 Å². The molecule has 3 aliphatic heterocycles. The van der Waals surface area contributed by atoms with Gasteiger partial charge in [0.2, 0.25) is 11.9 Å². The van der Waals surface area contributed by atoms with Gasteiger partial charge in [-0.2, -0.15) is 15.0 Å². The van der Waals surface area contributed by atoms with Gasteiger partial charge < -0.3 is 19.7 Å². The number of allylic oxidation sites excluding steroid dienone is 5. The van der Waals surface area contributed by atoms with E-state index in [9.17, 15) is 0 Å². The van der Waals surface area contributed by atoms with Crippen molar-refractivity contribution in [3.8, 4) is 5.75 Å². The van der Waals surface area contributed by atoms with Gasteiger partial charge in [0.25, 0.3) is 0 Å². The van der Waals surface area contributed by atoms with Crippen LogP contribution in [0.1, 0.15) is 51.3 Å². The van der Waals surface area contributed by atoms with Crippen molar-refractivity contribution >= 4 is 23.8 Å². The van der Waals surface area contributed by atoms with Crippen molar-refractivity contribution in [1.29, 1.82) is 0 Å². The third-order valence-corrected chi connectivity index (χ3v) is 7.39. The minimum Gasteiger partial charge on any atom is -0.496 e. The van der Waals surface area contributed by atoms with Gasteiger partial charge in [0.05, 0.1) is 18.2 Å². The molecule has 1 atom stereocenters. The first-order valence-electron chi connectivity index (χ1n) is 13.7. The molecule has 0 amide bonds. The van der Waals surface area contributed by atoms with E-state index in [2.05, 4.69) is 57.7 Å². The number of benzene rings is 1. The molecule has 2 aromatic rings. The van der Waals surface area contributed by atoms with Gasteiger partial charge in [0.1, 0.15) is 23.9 Å². The monoisotopic (exact) mass is 512 g/mol. The molecule has 198 valence electrons. The topological polar surface area (TPSA) is 84.8 Å². The summed E-state index contributed by atoms with van der Waals surface area (Å²) >= 11 is 0. The zero-order chi connectivity index (χ0) is 25.6. The molecule has 1 aliphatic carbocycles. The summed E-state index contributed by atoms with van der Waals surface area (Å²) in [4.78, 5) is 20.9.